The molecule has 0 unspecified atom stereocenters. The molecule has 0 spiro atoms. The second kappa shape index (κ2) is 9.93. The van der Waals surface area contributed by atoms with Gasteiger partial charge in [0.1, 0.15) is 11.5 Å². The van der Waals surface area contributed by atoms with Crippen LogP contribution < -0.4 is 11.1 Å². The summed E-state index contributed by atoms with van der Waals surface area (Å²) in [5.74, 6) is -3.04. The number of rotatable bonds is 6. The molecule has 2 aromatic heterocycles. The Morgan fingerprint density at radius 2 is 1.77 bits per heavy atom. The van der Waals surface area contributed by atoms with Gasteiger partial charge >= 0.3 is 6.18 Å². The highest BCUT2D eigenvalue weighted by molar-refractivity contribution is 7.90. The van der Waals surface area contributed by atoms with Crippen LogP contribution in [0.5, 0.6) is 0 Å². The minimum Gasteiger partial charge on any atom is -0.364 e. The Balaban J connectivity index is 1.77. The van der Waals surface area contributed by atoms with Gasteiger partial charge in [-0.1, -0.05) is 23.7 Å². The topological polar surface area (TPSA) is 137 Å². The first kappa shape index (κ1) is 28.0. The summed E-state index contributed by atoms with van der Waals surface area (Å²) in [6.07, 6.45) is -3.95. The molecule has 3 N–H and O–H groups in total. The number of nitrogens with one attached hydrogen (secondary N) is 1. The van der Waals surface area contributed by atoms with Gasteiger partial charge < -0.3 is 11.1 Å². The van der Waals surface area contributed by atoms with E-state index < -0.39 is 50.7 Å². The van der Waals surface area contributed by atoms with E-state index in [4.69, 9.17) is 17.3 Å². The van der Waals surface area contributed by atoms with E-state index in [1.165, 1.54) is 31.2 Å². The van der Waals surface area contributed by atoms with Crippen molar-refractivity contribution in [2.45, 2.75) is 24.5 Å². The summed E-state index contributed by atoms with van der Waals surface area (Å²) in [4.78, 5) is 28.9. The zero-order valence-electron chi connectivity index (χ0n) is 20.1. The smallest absolute Gasteiger partial charge is 0.364 e. The molecule has 0 aliphatic carbocycles. The van der Waals surface area contributed by atoms with Crippen LogP contribution >= 0.6 is 11.6 Å². The summed E-state index contributed by atoms with van der Waals surface area (Å²) in [6, 6.07) is 8.37. The summed E-state index contributed by atoms with van der Waals surface area (Å²) < 4.78 is 80.1. The van der Waals surface area contributed by atoms with Gasteiger partial charge in [-0.2, -0.15) is 18.3 Å². The molecule has 2 amide bonds. The molecule has 4 aromatic rings. The molecule has 0 fully saturated rings. The van der Waals surface area contributed by atoms with Gasteiger partial charge in [-0.25, -0.2) is 17.8 Å². The number of anilines is 1. The number of carbonyl (C=O) groups excluding carboxylic acids is 2. The first-order valence-corrected chi connectivity index (χ1v) is 13.2. The molecule has 2 aromatic carbocycles. The minimum absolute atomic E-state index is 0.0338. The number of aromatic nitrogens is 3. The van der Waals surface area contributed by atoms with E-state index >= 15 is 0 Å². The zero-order chi connectivity index (χ0) is 28.9. The molecule has 0 aliphatic heterocycles. The normalized spacial score (nSPS) is 12.1. The lowest BCUT2D eigenvalue weighted by molar-refractivity contribution is -0.140. The fourth-order valence-electron chi connectivity index (χ4n) is 3.78. The highest BCUT2D eigenvalue weighted by Crippen LogP contribution is 2.37. The average Bonchev–Trinajstić information content (AvgIpc) is 3.14. The molecule has 15 heteroatoms. The van der Waals surface area contributed by atoms with Crippen LogP contribution in [0.15, 0.2) is 47.4 Å². The van der Waals surface area contributed by atoms with Crippen LogP contribution in [0.4, 0.5) is 23.2 Å². The molecule has 9 nitrogen and oxygen atoms in total. The monoisotopic (exact) mass is 583 g/mol. The number of benzene rings is 2. The van der Waals surface area contributed by atoms with Crippen LogP contribution in [0.2, 0.25) is 5.02 Å². The molecule has 204 valence electrons. The van der Waals surface area contributed by atoms with Crippen molar-refractivity contribution in [3.8, 4) is 0 Å². The number of amides is 2. The number of hydrogen-bond acceptors (Lipinski definition) is 6. The first-order valence-electron chi connectivity index (χ1n) is 10.9. The molecule has 0 bridgehead atoms. The number of nitrogens with zero attached hydrogens (tertiary/aromatic N) is 3. The van der Waals surface area contributed by atoms with Crippen LogP contribution in [0, 0.1) is 12.7 Å². The second-order valence-electron chi connectivity index (χ2n) is 8.54. The number of fused-ring (bicyclic) bond motifs is 1. The van der Waals surface area contributed by atoms with E-state index in [0.717, 1.165) is 29.1 Å². The Morgan fingerprint density at radius 1 is 1.13 bits per heavy atom. The molecule has 0 saturated carbocycles. The molecule has 0 aliphatic rings. The predicted molar refractivity (Wildman–Crippen MR) is 134 cm³/mol. The van der Waals surface area contributed by atoms with E-state index in [-0.39, 0.29) is 38.6 Å². The Labute approximate surface area is 223 Å². The second-order valence-corrected chi connectivity index (χ2v) is 11.0. The summed E-state index contributed by atoms with van der Waals surface area (Å²) in [7, 11) is -3.47. The Hall–Kier alpha value is -4.04. The zero-order valence-corrected chi connectivity index (χ0v) is 21.7. The fraction of sp³-hybridized carbons (Fsp3) is 0.167. The number of sulfone groups is 1. The number of halogens is 5. The van der Waals surface area contributed by atoms with Gasteiger partial charge in [0.15, 0.2) is 15.5 Å². The molecule has 2 heterocycles. The number of pyridine rings is 1. The van der Waals surface area contributed by atoms with E-state index in [9.17, 15) is 35.6 Å². The third kappa shape index (κ3) is 5.71. The maximum atomic E-state index is 14.0. The van der Waals surface area contributed by atoms with Crippen LogP contribution in [0.25, 0.3) is 10.9 Å². The van der Waals surface area contributed by atoms with Gasteiger partial charge in [0.05, 0.1) is 38.9 Å². The lowest BCUT2D eigenvalue weighted by Gasteiger charge is -2.12. The predicted octanol–water partition coefficient (Wildman–Crippen LogP) is 4.35. The third-order valence-electron chi connectivity index (χ3n) is 5.75. The van der Waals surface area contributed by atoms with Crippen LogP contribution in [-0.2, 0) is 22.6 Å². The maximum absolute atomic E-state index is 14.0. The maximum Gasteiger partial charge on any atom is 0.437 e. The van der Waals surface area contributed by atoms with Crippen molar-refractivity contribution in [2.24, 2.45) is 5.73 Å². The third-order valence-corrected chi connectivity index (χ3v) is 7.16. The first-order chi connectivity index (χ1) is 18.1. The van der Waals surface area contributed by atoms with E-state index in [0.29, 0.717) is 5.56 Å². The summed E-state index contributed by atoms with van der Waals surface area (Å²) >= 11 is 5.83. The van der Waals surface area contributed by atoms with Gasteiger partial charge in [0.2, 0.25) is 0 Å². The molecule has 0 saturated heterocycles. The summed E-state index contributed by atoms with van der Waals surface area (Å²) in [6.45, 7) is 1.13. The average molecular weight is 584 g/mol. The van der Waals surface area contributed by atoms with E-state index in [2.05, 4.69) is 15.4 Å². The van der Waals surface area contributed by atoms with Crippen LogP contribution in [0.1, 0.15) is 37.8 Å². The molecular weight excluding hydrogens is 566 g/mol. The fourth-order valence-corrected chi connectivity index (χ4v) is 4.57. The van der Waals surface area contributed by atoms with Crippen molar-refractivity contribution in [1.82, 2.24) is 14.8 Å². The van der Waals surface area contributed by atoms with Crippen LogP contribution in [-0.4, -0.2) is 41.3 Å². The molecule has 39 heavy (non-hydrogen) atoms. The van der Waals surface area contributed by atoms with Gasteiger partial charge in [-0.15, -0.1) is 0 Å². The highest BCUT2D eigenvalue weighted by Gasteiger charge is 2.39. The van der Waals surface area contributed by atoms with Crippen molar-refractivity contribution in [1.29, 1.82) is 0 Å². The molecule has 0 radical (unpaired) electrons. The Kier molecular flexibility index (Phi) is 7.12. The standard InChI is InChI=1S/C24H18ClF4N5O4S/c1-11-20(21(24(27,28)29)33-34(11)10-12-3-5-13(6-4-12)39(2,37)38)32-23(36)15-8-19(22(30)35)31-18-9-17(26)16(25)7-14(15)18/h3-9H,10H2,1-2H3,(H2,30,35)(H,32,36). The van der Waals surface area contributed by atoms with E-state index in [1.54, 1.807) is 0 Å². The molecular formula is C24H18ClF4N5O4S. The van der Waals surface area contributed by atoms with Crippen molar-refractivity contribution in [3.05, 3.63) is 81.5 Å². The van der Waals surface area contributed by atoms with Gasteiger partial charge in [0, 0.05) is 17.7 Å². The lowest BCUT2D eigenvalue weighted by Crippen LogP contribution is -2.19. The number of carbonyl (C=O) groups is 2. The number of primary amides is 1. The Morgan fingerprint density at radius 3 is 2.33 bits per heavy atom. The van der Waals surface area contributed by atoms with Crippen molar-refractivity contribution in [3.63, 3.8) is 0 Å². The minimum atomic E-state index is -4.97. The largest absolute Gasteiger partial charge is 0.437 e. The highest BCUT2D eigenvalue weighted by atomic mass is 35.5. The van der Waals surface area contributed by atoms with Crippen LogP contribution in [0.3, 0.4) is 0 Å². The Bertz CT molecular complexity index is 1750. The number of alkyl halides is 3. The van der Waals surface area contributed by atoms with E-state index in [1.807, 2.05) is 0 Å². The lowest BCUT2D eigenvalue weighted by atomic mass is 10.1. The quantitative estimate of drug-likeness (QED) is 0.324. The van der Waals surface area contributed by atoms with Gasteiger partial charge in [-0.05, 0) is 36.8 Å². The molecule has 4 rings (SSSR count). The van der Waals surface area contributed by atoms with Gasteiger partial charge in [0.25, 0.3) is 11.8 Å². The summed E-state index contributed by atoms with van der Waals surface area (Å²) in [5.41, 5.74) is 2.68. The number of nitrogens with two attached hydrogens (primary N) is 1. The van der Waals surface area contributed by atoms with Crippen molar-refractivity contribution >= 4 is 49.8 Å². The van der Waals surface area contributed by atoms with Gasteiger partial charge in [-0.3, -0.25) is 14.3 Å². The van der Waals surface area contributed by atoms with Crippen molar-refractivity contribution < 1.29 is 35.6 Å². The summed E-state index contributed by atoms with van der Waals surface area (Å²) in [5, 5.41) is 5.40. The SMILES string of the molecule is Cc1c(NC(=O)c2cc(C(N)=O)nc3cc(F)c(Cl)cc23)c(C(F)(F)F)nn1Cc1ccc(S(C)(=O)=O)cc1. The van der Waals surface area contributed by atoms with Crippen molar-refractivity contribution in [2.75, 3.05) is 11.6 Å². The number of hydrogen-bond donors (Lipinski definition) is 2. The molecule has 0 atom stereocenters.